The third-order valence-corrected chi connectivity index (χ3v) is 2.97. The molecule has 0 heterocycles. The molecule has 1 amide bonds. The first-order valence-electron chi connectivity index (χ1n) is 4.79. The van der Waals surface area contributed by atoms with Gasteiger partial charge in [0.25, 0.3) is 5.91 Å². The fourth-order valence-corrected chi connectivity index (χ4v) is 1.84. The van der Waals surface area contributed by atoms with Gasteiger partial charge in [-0.1, -0.05) is 0 Å². The summed E-state index contributed by atoms with van der Waals surface area (Å²) < 4.78 is 84.5. The van der Waals surface area contributed by atoms with Gasteiger partial charge in [-0.3, -0.25) is 4.79 Å². The van der Waals surface area contributed by atoms with Crippen molar-refractivity contribution in [2.75, 3.05) is 6.54 Å². The average Bonchev–Trinajstić information content (AvgIpc) is 2.23. The number of primary sulfonamides is 1. The Morgan fingerprint density at radius 2 is 1.80 bits per heavy atom. The van der Waals surface area contributed by atoms with Gasteiger partial charge in [-0.25, -0.2) is 22.3 Å². The van der Waals surface area contributed by atoms with Crippen LogP contribution < -0.4 is 10.5 Å². The van der Waals surface area contributed by atoms with Crippen molar-refractivity contribution in [3.8, 4) is 0 Å². The van der Waals surface area contributed by atoms with Gasteiger partial charge >= 0.3 is 6.18 Å². The molecule has 0 aliphatic rings. The van der Waals surface area contributed by atoms with Crippen molar-refractivity contribution in [1.82, 2.24) is 5.32 Å². The fourth-order valence-electron chi connectivity index (χ4n) is 1.23. The van der Waals surface area contributed by atoms with Crippen LogP contribution in [0, 0.1) is 11.6 Å². The molecule has 112 valence electrons. The molecule has 1 aromatic rings. The maximum atomic E-state index is 13.7. The summed E-state index contributed by atoms with van der Waals surface area (Å²) in [7, 11) is -4.59. The van der Waals surface area contributed by atoms with E-state index in [4.69, 9.17) is 0 Å². The Morgan fingerprint density at radius 3 is 2.25 bits per heavy atom. The predicted molar refractivity (Wildman–Crippen MR) is 56.1 cm³/mol. The summed E-state index contributed by atoms with van der Waals surface area (Å²) in [5, 5.41) is 5.84. The van der Waals surface area contributed by atoms with Gasteiger partial charge in [-0.15, -0.1) is 0 Å². The Kier molecular flexibility index (Phi) is 4.34. The number of nitrogens with two attached hydrogens (primary N) is 1. The number of rotatable bonds is 3. The summed E-state index contributed by atoms with van der Waals surface area (Å²) in [5.74, 6) is -5.12. The molecule has 20 heavy (non-hydrogen) atoms. The lowest BCUT2D eigenvalue weighted by atomic mass is 10.2. The highest BCUT2D eigenvalue weighted by molar-refractivity contribution is 7.89. The van der Waals surface area contributed by atoms with Crippen molar-refractivity contribution in [1.29, 1.82) is 0 Å². The van der Waals surface area contributed by atoms with Crippen LogP contribution in [0.1, 0.15) is 10.4 Å². The molecular formula is C9H7F5N2O3S. The normalized spacial score (nSPS) is 12.3. The van der Waals surface area contributed by atoms with Crippen molar-refractivity contribution < 1.29 is 35.2 Å². The van der Waals surface area contributed by atoms with Crippen LogP contribution >= 0.6 is 0 Å². The number of nitrogens with one attached hydrogen (secondary N) is 1. The summed E-state index contributed by atoms with van der Waals surface area (Å²) in [6.45, 7) is -1.83. The van der Waals surface area contributed by atoms with Gasteiger partial charge in [0.1, 0.15) is 22.8 Å². The monoisotopic (exact) mass is 318 g/mol. The van der Waals surface area contributed by atoms with E-state index in [1.165, 1.54) is 5.32 Å². The summed E-state index contributed by atoms with van der Waals surface area (Å²) in [6, 6.07) is 0.867. The molecule has 11 heteroatoms. The molecule has 0 bridgehead atoms. The number of halogens is 5. The van der Waals surface area contributed by atoms with Crippen LogP contribution in [0.3, 0.4) is 0 Å². The van der Waals surface area contributed by atoms with Crippen LogP contribution in [0.2, 0.25) is 0 Å². The van der Waals surface area contributed by atoms with Gasteiger partial charge in [0, 0.05) is 0 Å². The molecule has 0 fully saturated rings. The van der Waals surface area contributed by atoms with E-state index in [-0.39, 0.29) is 0 Å². The molecule has 5 nitrogen and oxygen atoms in total. The second kappa shape index (κ2) is 5.32. The molecule has 0 atom stereocenters. The fraction of sp³-hybridized carbons (Fsp3) is 0.222. The zero-order valence-electron chi connectivity index (χ0n) is 9.46. The van der Waals surface area contributed by atoms with Crippen molar-refractivity contribution in [3.63, 3.8) is 0 Å². The second-order valence-electron chi connectivity index (χ2n) is 3.58. The number of carbonyl (C=O) groups is 1. The van der Waals surface area contributed by atoms with E-state index in [9.17, 15) is 35.2 Å². The van der Waals surface area contributed by atoms with Crippen LogP contribution in [-0.2, 0) is 10.0 Å². The number of hydrogen-bond donors (Lipinski definition) is 2. The topological polar surface area (TPSA) is 89.3 Å². The summed E-state index contributed by atoms with van der Waals surface area (Å²) in [4.78, 5) is 10.1. The predicted octanol–water partition coefficient (Wildman–Crippen LogP) is 0.904. The average molecular weight is 318 g/mol. The molecule has 1 aromatic carbocycles. The number of sulfonamides is 1. The van der Waals surface area contributed by atoms with Crippen molar-refractivity contribution in [3.05, 3.63) is 29.3 Å². The molecule has 0 saturated carbocycles. The Morgan fingerprint density at radius 1 is 1.25 bits per heavy atom. The lowest BCUT2D eigenvalue weighted by Crippen LogP contribution is -2.35. The number of alkyl halides is 3. The minimum atomic E-state index is -4.79. The van der Waals surface area contributed by atoms with Crippen LogP contribution in [0.4, 0.5) is 22.0 Å². The first kappa shape index (κ1) is 16.3. The first-order valence-corrected chi connectivity index (χ1v) is 6.34. The van der Waals surface area contributed by atoms with Crippen LogP contribution in [-0.4, -0.2) is 27.0 Å². The van der Waals surface area contributed by atoms with Crippen LogP contribution in [0.5, 0.6) is 0 Å². The van der Waals surface area contributed by atoms with E-state index >= 15 is 0 Å². The van der Waals surface area contributed by atoms with Crippen molar-refractivity contribution >= 4 is 15.9 Å². The highest BCUT2D eigenvalue weighted by Crippen LogP contribution is 2.20. The minimum absolute atomic E-state index is 0.408. The van der Waals surface area contributed by atoms with Crippen molar-refractivity contribution in [2.24, 2.45) is 5.14 Å². The zero-order chi connectivity index (χ0) is 15.7. The summed E-state index contributed by atoms with van der Waals surface area (Å²) >= 11 is 0. The lowest BCUT2D eigenvalue weighted by molar-refractivity contribution is -0.123. The number of hydrogen-bond acceptors (Lipinski definition) is 3. The molecule has 0 radical (unpaired) electrons. The van der Waals surface area contributed by atoms with E-state index in [2.05, 4.69) is 5.14 Å². The molecule has 0 aromatic heterocycles. The van der Waals surface area contributed by atoms with Crippen molar-refractivity contribution in [2.45, 2.75) is 11.1 Å². The molecule has 0 spiro atoms. The van der Waals surface area contributed by atoms with Crippen LogP contribution in [0.25, 0.3) is 0 Å². The second-order valence-corrected chi connectivity index (χ2v) is 5.11. The third-order valence-electron chi connectivity index (χ3n) is 2.04. The highest BCUT2D eigenvalue weighted by atomic mass is 32.2. The number of carbonyl (C=O) groups excluding carboxylic acids is 1. The SMILES string of the molecule is NS(=O)(=O)c1ccc(F)c(C(=O)NCC(F)(F)F)c1F. The van der Waals surface area contributed by atoms with Gasteiger partial charge in [0.2, 0.25) is 10.0 Å². The summed E-state index contributed by atoms with van der Waals surface area (Å²) in [6.07, 6.45) is -4.79. The highest BCUT2D eigenvalue weighted by Gasteiger charge is 2.30. The van der Waals surface area contributed by atoms with E-state index in [0.29, 0.717) is 12.1 Å². The maximum absolute atomic E-state index is 13.7. The van der Waals surface area contributed by atoms with E-state index in [0.717, 1.165) is 0 Å². The number of benzene rings is 1. The van der Waals surface area contributed by atoms with Gasteiger partial charge in [-0.2, -0.15) is 13.2 Å². The van der Waals surface area contributed by atoms with Gasteiger partial charge in [0.15, 0.2) is 5.82 Å². The molecule has 0 aliphatic carbocycles. The Bertz CT molecular complexity index is 642. The minimum Gasteiger partial charge on any atom is -0.343 e. The largest absolute Gasteiger partial charge is 0.405 e. The van der Waals surface area contributed by atoms with E-state index < -0.39 is 50.7 Å². The maximum Gasteiger partial charge on any atom is 0.405 e. The summed E-state index contributed by atoms with van der Waals surface area (Å²) in [5.41, 5.74) is -1.46. The van der Waals surface area contributed by atoms with E-state index in [1.807, 2.05) is 0 Å². The Balaban J connectivity index is 3.22. The van der Waals surface area contributed by atoms with Gasteiger partial charge in [-0.05, 0) is 12.1 Å². The first-order chi connectivity index (χ1) is 8.93. The molecular weight excluding hydrogens is 311 g/mol. The molecule has 0 aliphatic heterocycles. The lowest BCUT2D eigenvalue weighted by Gasteiger charge is -2.10. The number of amides is 1. The zero-order valence-corrected chi connectivity index (χ0v) is 10.3. The third kappa shape index (κ3) is 3.87. The molecule has 0 unspecified atom stereocenters. The van der Waals surface area contributed by atoms with Crippen LogP contribution in [0.15, 0.2) is 17.0 Å². The van der Waals surface area contributed by atoms with E-state index in [1.54, 1.807) is 0 Å². The van der Waals surface area contributed by atoms with Gasteiger partial charge in [0.05, 0.1) is 0 Å². The Labute approximate surface area is 109 Å². The molecule has 0 saturated heterocycles. The molecule has 1 rings (SSSR count). The Hall–Kier alpha value is -1.75. The van der Waals surface area contributed by atoms with Gasteiger partial charge < -0.3 is 5.32 Å². The standard InChI is InChI=1S/C9H7F5N2O3S/c10-4-1-2-5(20(15,18)19)7(11)6(4)8(17)16-3-9(12,13)14/h1-2H,3H2,(H,16,17)(H2,15,18,19). The smallest absolute Gasteiger partial charge is 0.343 e. The molecule has 3 N–H and O–H groups in total. The quantitative estimate of drug-likeness (QED) is 0.812.